The van der Waals surface area contributed by atoms with Gasteiger partial charge in [-0.1, -0.05) is 23.8 Å². The average molecular weight is 429 g/mol. The number of aromatic nitrogens is 4. The van der Waals surface area contributed by atoms with Crippen molar-refractivity contribution in [2.24, 2.45) is 0 Å². The number of hydrogen-bond acceptors (Lipinski definition) is 7. The molecule has 0 saturated carbocycles. The number of halogens is 1. The van der Waals surface area contributed by atoms with Crippen LogP contribution in [0.5, 0.6) is 0 Å². The predicted molar refractivity (Wildman–Crippen MR) is 107 cm³/mol. The fourth-order valence-electron chi connectivity index (χ4n) is 3.13. The highest BCUT2D eigenvalue weighted by Crippen LogP contribution is 2.51. The van der Waals surface area contributed by atoms with E-state index < -0.39 is 7.60 Å². The van der Waals surface area contributed by atoms with Gasteiger partial charge in [0.2, 0.25) is 0 Å². The monoisotopic (exact) mass is 428 g/mol. The maximum absolute atomic E-state index is 12.9. The van der Waals surface area contributed by atoms with Gasteiger partial charge in [-0.15, -0.1) is 0 Å². The standard InChI is InChI=1S/C18H26ClN4O4P/c1-12(2)26-28(24,27-13(3)4)11-25-15-7-5-14(6-8-15)23-10-22-17(19)16-18(23)21-9-20-16/h5,7,9-10,12-15H,6,8,11H2,1-4H3/t14-,15+/m0/s1. The van der Waals surface area contributed by atoms with Crippen molar-refractivity contribution in [2.45, 2.75) is 64.9 Å². The number of allylic oxidation sites excluding steroid dienone is 1. The Morgan fingerprint density at radius 1 is 1.14 bits per heavy atom. The summed E-state index contributed by atoms with van der Waals surface area (Å²) in [6, 6.07) is 0.0782. The molecule has 0 aromatic carbocycles. The highest BCUT2D eigenvalue weighted by Gasteiger charge is 2.30. The van der Waals surface area contributed by atoms with Gasteiger partial charge in [0.15, 0.2) is 11.0 Å². The summed E-state index contributed by atoms with van der Waals surface area (Å²) in [7, 11) is -3.31. The molecule has 0 N–H and O–H groups in total. The quantitative estimate of drug-likeness (QED) is 0.342. The molecule has 2 aliphatic heterocycles. The Labute approximate surface area is 170 Å². The molecule has 0 aromatic rings. The van der Waals surface area contributed by atoms with Crippen LogP contribution in [0.4, 0.5) is 0 Å². The van der Waals surface area contributed by atoms with Crippen LogP contribution in [0.25, 0.3) is 11.5 Å². The normalized spacial score (nSPS) is 20.5. The van der Waals surface area contributed by atoms with E-state index in [1.807, 2.05) is 44.4 Å². The van der Waals surface area contributed by atoms with E-state index in [1.54, 1.807) is 6.33 Å². The van der Waals surface area contributed by atoms with Gasteiger partial charge < -0.3 is 18.4 Å². The molecule has 2 atom stereocenters. The third kappa shape index (κ3) is 5.19. The van der Waals surface area contributed by atoms with E-state index in [9.17, 15) is 4.57 Å². The minimum atomic E-state index is -3.31. The van der Waals surface area contributed by atoms with Gasteiger partial charge in [-0.25, -0.2) is 15.0 Å². The van der Waals surface area contributed by atoms with Crippen LogP contribution in [0.3, 0.4) is 0 Å². The zero-order valence-electron chi connectivity index (χ0n) is 16.5. The molecule has 0 bridgehead atoms. The van der Waals surface area contributed by atoms with Crippen LogP contribution in [0.15, 0.2) is 24.8 Å². The second kappa shape index (κ2) is 9.01. The second-order valence-electron chi connectivity index (χ2n) is 7.27. The molecule has 0 amide bonds. The Hall–Kier alpha value is -1.31. The van der Waals surface area contributed by atoms with Crippen molar-refractivity contribution in [1.82, 2.24) is 19.5 Å². The number of nitrogens with zero attached hydrogens (tertiary/aromatic N) is 4. The Bertz CT molecular complexity index is 827. The first-order chi connectivity index (χ1) is 13.3. The molecule has 0 spiro atoms. The number of fused-ring (bicyclic) bond motifs is 1. The van der Waals surface area contributed by atoms with E-state index in [0.29, 0.717) is 16.7 Å². The molecule has 1 aliphatic carbocycles. The Balaban J connectivity index is 1.64. The number of rotatable bonds is 8. The van der Waals surface area contributed by atoms with Crippen molar-refractivity contribution >= 4 is 19.2 Å². The largest absolute Gasteiger partial charge is 0.362 e. The van der Waals surface area contributed by atoms with Crippen molar-refractivity contribution in [2.75, 3.05) is 6.35 Å². The molecule has 3 rings (SSSR count). The zero-order valence-corrected chi connectivity index (χ0v) is 18.1. The van der Waals surface area contributed by atoms with Crippen molar-refractivity contribution in [3.05, 3.63) is 30.0 Å². The van der Waals surface area contributed by atoms with Gasteiger partial charge in [-0.05, 0) is 40.5 Å². The summed E-state index contributed by atoms with van der Waals surface area (Å²) in [5.41, 5.74) is 0.591. The molecule has 0 aromatic heterocycles. The molecule has 10 heteroatoms. The smallest absolute Gasteiger partial charge is 0.356 e. The van der Waals surface area contributed by atoms with E-state index in [4.69, 9.17) is 25.4 Å². The fourth-order valence-corrected chi connectivity index (χ4v) is 5.14. The summed E-state index contributed by atoms with van der Waals surface area (Å²) in [6.07, 6.45) is 8.10. The maximum Gasteiger partial charge on any atom is 0.356 e. The van der Waals surface area contributed by atoms with E-state index >= 15 is 0 Å². The minimum Gasteiger partial charge on any atom is -0.362 e. The van der Waals surface area contributed by atoms with Gasteiger partial charge in [0.1, 0.15) is 18.4 Å². The topological polar surface area (TPSA) is 88.4 Å². The van der Waals surface area contributed by atoms with Crippen molar-refractivity contribution in [3.8, 4) is 11.5 Å². The lowest BCUT2D eigenvalue weighted by Crippen LogP contribution is -2.22. The molecule has 0 fully saturated rings. The highest BCUT2D eigenvalue weighted by atomic mass is 35.5. The lowest BCUT2D eigenvalue weighted by atomic mass is 10.00. The third-order valence-electron chi connectivity index (χ3n) is 4.16. The van der Waals surface area contributed by atoms with Crippen LogP contribution in [-0.2, 0) is 18.3 Å². The highest BCUT2D eigenvalue weighted by molar-refractivity contribution is 7.53. The summed E-state index contributed by atoms with van der Waals surface area (Å²) in [4.78, 5) is 12.6. The van der Waals surface area contributed by atoms with E-state index in [2.05, 4.69) is 15.0 Å². The predicted octanol–water partition coefficient (Wildman–Crippen LogP) is 4.71. The van der Waals surface area contributed by atoms with E-state index in [0.717, 1.165) is 12.8 Å². The Morgan fingerprint density at radius 3 is 2.46 bits per heavy atom. The van der Waals surface area contributed by atoms with Crippen molar-refractivity contribution in [3.63, 3.8) is 0 Å². The van der Waals surface area contributed by atoms with Crippen LogP contribution in [0.2, 0.25) is 5.15 Å². The SMILES string of the molecule is CC(C)OP(=O)(CO[C@@H]1C=C[C@H](n2cnc(Cl)c3ncnc2-3)CC1)OC(C)C. The van der Waals surface area contributed by atoms with Gasteiger partial charge in [0.05, 0.1) is 30.7 Å². The maximum atomic E-state index is 12.9. The second-order valence-corrected chi connectivity index (χ2v) is 9.53. The van der Waals surface area contributed by atoms with Crippen molar-refractivity contribution in [1.29, 1.82) is 0 Å². The summed E-state index contributed by atoms with van der Waals surface area (Å²) in [5.74, 6) is 0.703. The number of imidazole rings is 1. The summed E-state index contributed by atoms with van der Waals surface area (Å²) in [6.45, 7) is 7.30. The molecule has 3 aliphatic rings. The molecular weight excluding hydrogens is 403 g/mol. The fraction of sp³-hybridized carbons (Fsp3) is 0.611. The lowest BCUT2D eigenvalue weighted by Gasteiger charge is -2.28. The molecule has 2 heterocycles. The van der Waals surface area contributed by atoms with E-state index in [1.165, 1.54) is 6.33 Å². The van der Waals surface area contributed by atoms with Gasteiger partial charge in [0, 0.05) is 0 Å². The van der Waals surface area contributed by atoms with Crippen LogP contribution in [0, 0.1) is 0 Å². The van der Waals surface area contributed by atoms with E-state index in [-0.39, 0.29) is 30.7 Å². The van der Waals surface area contributed by atoms with Gasteiger partial charge >= 0.3 is 7.60 Å². The van der Waals surface area contributed by atoms with Crippen LogP contribution < -0.4 is 0 Å². The van der Waals surface area contributed by atoms with Crippen LogP contribution in [-0.4, -0.2) is 44.2 Å². The lowest BCUT2D eigenvalue weighted by molar-refractivity contribution is 0.0669. The number of ether oxygens (including phenoxy) is 1. The first kappa shape index (κ1) is 21.4. The number of hydrogen-bond donors (Lipinski definition) is 0. The van der Waals surface area contributed by atoms with Gasteiger partial charge in [0.25, 0.3) is 0 Å². The summed E-state index contributed by atoms with van der Waals surface area (Å²) in [5, 5.41) is 0.343. The Kier molecular flexibility index (Phi) is 6.89. The minimum absolute atomic E-state index is 0.0722. The van der Waals surface area contributed by atoms with Gasteiger partial charge in [-0.2, -0.15) is 0 Å². The van der Waals surface area contributed by atoms with Crippen LogP contribution in [0.1, 0.15) is 46.6 Å². The first-order valence-corrected chi connectivity index (χ1v) is 11.5. The molecular formula is C18H26ClN4O4P. The zero-order chi connectivity index (χ0) is 20.3. The summed E-state index contributed by atoms with van der Waals surface area (Å²) >= 11 is 6.07. The third-order valence-corrected chi connectivity index (χ3v) is 6.38. The molecule has 0 radical (unpaired) electrons. The van der Waals surface area contributed by atoms with Gasteiger partial charge in [-0.3, -0.25) is 4.57 Å². The average Bonchev–Trinajstić information content (AvgIpc) is 3.10. The Morgan fingerprint density at radius 2 is 1.86 bits per heavy atom. The molecule has 28 heavy (non-hydrogen) atoms. The summed E-state index contributed by atoms with van der Waals surface area (Å²) < 4.78 is 31.7. The molecule has 8 nitrogen and oxygen atoms in total. The van der Waals surface area contributed by atoms with Crippen LogP contribution >= 0.6 is 19.2 Å². The molecule has 0 saturated heterocycles. The molecule has 0 unspecified atom stereocenters. The molecule has 154 valence electrons. The van der Waals surface area contributed by atoms with Crippen molar-refractivity contribution < 1.29 is 18.3 Å². The first-order valence-electron chi connectivity index (χ1n) is 9.36.